The Kier molecular flexibility index (Phi) is 6.73. The Morgan fingerprint density at radius 1 is 1.11 bits per heavy atom. The van der Waals surface area contributed by atoms with Gasteiger partial charge in [0.2, 0.25) is 5.91 Å². The van der Waals surface area contributed by atoms with Gasteiger partial charge in [-0.05, 0) is 29.3 Å². The number of para-hydroxylation sites is 1. The molecule has 1 aliphatic rings. The molecule has 0 aliphatic carbocycles. The number of carbonyl (C=O) groups excluding carboxylic acids is 1. The lowest BCUT2D eigenvalue weighted by Crippen LogP contribution is -2.35. The third kappa shape index (κ3) is 6.01. The van der Waals surface area contributed by atoms with Gasteiger partial charge in [-0.1, -0.05) is 30.3 Å². The van der Waals surface area contributed by atoms with Crippen LogP contribution in [0.25, 0.3) is 0 Å². The first-order valence-corrected chi connectivity index (χ1v) is 8.82. The molecule has 27 heavy (non-hydrogen) atoms. The molecule has 1 amide bonds. The number of rotatable bonds is 7. The molecule has 0 unspecified atom stereocenters. The van der Waals surface area contributed by atoms with Crippen molar-refractivity contribution in [1.82, 2.24) is 4.90 Å². The first-order chi connectivity index (χ1) is 13.1. The lowest BCUT2D eigenvalue weighted by molar-refractivity contribution is -0.115. The Morgan fingerprint density at radius 2 is 1.81 bits per heavy atom. The number of ether oxygens (including phenoxy) is 2. The Labute approximate surface area is 156 Å². The van der Waals surface area contributed by atoms with Crippen molar-refractivity contribution in [2.75, 3.05) is 31.6 Å². The third-order valence-corrected chi connectivity index (χ3v) is 4.30. The average Bonchev–Trinajstić information content (AvgIpc) is 2.65. The third-order valence-electron chi connectivity index (χ3n) is 4.30. The van der Waals surface area contributed by atoms with Crippen molar-refractivity contribution in [3.8, 4) is 5.75 Å². The lowest BCUT2D eigenvalue weighted by Gasteiger charge is -2.27. The van der Waals surface area contributed by atoms with Gasteiger partial charge >= 0.3 is 6.61 Å². The van der Waals surface area contributed by atoms with E-state index in [9.17, 15) is 13.6 Å². The van der Waals surface area contributed by atoms with Gasteiger partial charge in [-0.25, -0.2) is 0 Å². The predicted octanol–water partition coefficient (Wildman–Crippen LogP) is 3.30. The molecule has 1 aliphatic heterocycles. The van der Waals surface area contributed by atoms with Crippen LogP contribution in [-0.2, 0) is 22.5 Å². The van der Waals surface area contributed by atoms with Crippen LogP contribution in [0.3, 0.4) is 0 Å². The molecular formula is C20H22F2N2O3. The zero-order chi connectivity index (χ0) is 19.1. The number of benzene rings is 2. The fraction of sp³-hybridized carbons (Fsp3) is 0.350. The van der Waals surface area contributed by atoms with Crippen LogP contribution in [0.15, 0.2) is 48.5 Å². The van der Waals surface area contributed by atoms with Crippen molar-refractivity contribution in [1.29, 1.82) is 0 Å². The number of carbonyl (C=O) groups is 1. The fourth-order valence-corrected chi connectivity index (χ4v) is 2.95. The molecule has 0 spiro atoms. The van der Waals surface area contributed by atoms with E-state index in [4.69, 9.17) is 4.74 Å². The molecule has 1 N–H and O–H groups in total. The summed E-state index contributed by atoms with van der Waals surface area (Å²) in [6, 6.07) is 13.8. The number of morpholine rings is 1. The number of nitrogens with one attached hydrogen (secondary N) is 1. The van der Waals surface area contributed by atoms with Gasteiger partial charge in [0.1, 0.15) is 5.75 Å². The summed E-state index contributed by atoms with van der Waals surface area (Å²) in [5.41, 5.74) is 2.56. The molecule has 2 aromatic rings. The minimum absolute atomic E-state index is 0.0741. The van der Waals surface area contributed by atoms with E-state index in [0.29, 0.717) is 0 Å². The fourth-order valence-electron chi connectivity index (χ4n) is 2.95. The van der Waals surface area contributed by atoms with Crippen LogP contribution in [0.5, 0.6) is 5.75 Å². The van der Waals surface area contributed by atoms with Crippen LogP contribution in [0.2, 0.25) is 0 Å². The van der Waals surface area contributed by atoms with Gasteiger partial charge in [0, 0.05) is 25.3 Å². The molecule has 1 heterocycles. The van der Waals surface area contributed by atoms with E-state index < -0.39 is 6.61 Å². The molecule has 144 valence electrons. The number of alkyl halides is 2. The maximum atomic E-state index is 12.4. The molecule has 0 radical (unpaired) electrons. The normalized spacial score (nSPS) is 14.9. The second-order valence-electron chi connectivity index (χ2n) is 6.29. The largest absolute Gasteiger partial charge is 0.435 e. The van der Waals surface area contributed by atoms with Crippen LogP contribution in [0.1, 0.15) is 11.1 Å². The number of hydrogen-bond donors (Lipinski definition) is 1. The van der Waals surface area contributed by atoms with Gasteiger partial charge in [-0.15, -0.1) is 0 Å². The molecule has 0 saturated carbocycles. The first-order valence-electron chi connectivity index (χ1n) is 8.82. The topological polar surface area (TPSA) is 50.8 Å². The molecule has 0 aromatic heterocycles. The maximum absolute atomic E-state index is 12.4. The van der Waals surface area contributed by atoms with Gasteiger partial charge in [0.25, 0.3) is 0 Å². The molecular weight excluding hydrogens is 354 g/mol. The average molecular weight is 376 g/mol. The second kappa shape index (κ2) is 9.43. The van der Waals surface area contributed by atoms with Gasteiger partial charge in [0.15, 0.2) is 0 Å². The smallest absolute Gasteiger partial charge is 0.387 e. The van der Waals surface area contributed by atoms with E-state index in [-0.39, 0.29) is 18.1 Å². The molecule has 7 heteroatoms. The summed E-state index contributed by atoms with van der Waals surface area (Å²) >= 11 is 0. The highest BCUT2D eigenvalue weighted by Gasteiger charge is 2.14. The number of nitrogens with zero attached hydrogens (tertiary/aromatic N) is 1. The molecule has 2 aromatic carbocycles. The van der Waals surface area contributed by atoms with E-state index >= 15 is 0 Å². The summed E-state index contributed by atoms with van der Waals surface area (Å²) in [6.45, 7) is 1.08. The number of amides is 1. The number of anilines is 1. The highest BCUT2D eigenvalue weighted by atomic mass is 19.3. The van der Waals surface area contributed by atoms with E-state index in [1.807, 2.05) is 24.3 Å². The molecule has 1 saturated heterocycles. The second-order valence-corrected chi connectivity index (χ2v) is 6.29. The van der Waals surface area contributed by atoms with Crippen LogP contribution >= 0.6 is 0 Å². The van der Waals surface area contributed by atoms with Crippen molar-refractivity contribution >= 4 is 11.6 Å². The van der Waals surface area contributed by atoms with Crippen LogP contribution < -0.4 is 10.1 Å². The zero-order valence-electron chi connectivity index (χ0n) is 14.9. The monoisotopic (exact) mass is 376 g/mol. The molecule has 5 nitrogen and oxygen atoms in total. The van der Waals surface area contributed by atoms with Gasteiger partial charge in [0.05, 0.1) is 19.6 Å². The van der Waals surface area contributed by atoms with E-state index in [2.05, 4.69) is 15.0 Å². The number of hydrogen-bond acceptors (Lipinski definition) is 4. The zero-order valence-corrected chi connectivity index (χ0v) is 14.9. The summed E-state index contributed by atoms with van der Waals surface area (Å²) in [6.07, 6.45) is 0.154. The quantitative estimate of drug-likeness (QED) is 0.806. The maximum Gasteiger partial charge on any atom is 0.387 e. The van der Waals surface area contributed by atoms with Crippen molar-refractivity contribution in [3.63, 3.8) is 0 Å². The summed E-state index contributed by atoms with van der Waals surface area (Å²) in [5, 5.41) is 2.95. The lowest BCUT2D eigenvalue weighted by atomic mass is 10.1. The SMILES string of the molecule is O=C(Cc1ccc(OC(F)F)cc1)Nc1ccccc1CN1CCOCC1. The van der Waals surface area contributed by atoms with E-state index in [1.165, 1.54) is 12.1 Å². The Hall–Kier alpha value is -2.51. The predicted molar refractivity (Wildman–Crippen MR) is 97.9 cm³/mol. The standard InChI is InChI=1S/C20H22F2N2O3/c21-20(22)27-17-7-5-15(6-8-17)13-19(25)23-18-4-2-1-3-16(18)14-24-9-11-26-12-10-24/h1-8,20H,9-14H2,(H,23,25). The summed E-state index contributed by atoms with van der Waals surface area (Å²) in [5.74, 6) is -0.0861. The van der Waals surface area contributed by atoms with E-state index in [1.54, 1.807) is 12.1 Å². The minimum atomic E-state index is -2.86. The summed E-state index contributed by atoms with van der Waals surface area (Å²) in [7, 11) is 0. The minimum Gasteiger partial charge on any atom is -0.435 e. The summed E-state index contributed by atoms with van der Waals surface area (Å²) < 4.78 is 34.0. The van der Waals surface area contributed by atoms with E-state index in [0.717, 1.165) is 49.7 Å². The van der Waals surface area contributed by atoms with Crippen molar-refractivity contribution in [2.45, 2.75) is 19.6 Å². The van der Waals surface area contributed by atoms with Crippen LogP contribution in [-0.4, -0.2) is 43.7 Å². The van der Waals surface area contributed by atoms with Crippen molar-refractivity contribution in [3.05, 3.63) is 59.7 Å². The van der Waals surface area contributed by atoms with Crippen molar-refractivity contribution < 1.29 is 23.0 Å². The highest BCUT2D eigenvalue weighted by molar-refractivity contribution is 5.93. The highest BCUT2D eigenvalue weighted by Crippen LogP contribution is 2.19. The van der Waals surface area contributed by atoms with Crippen LogP contribution in [0, 0.1) is 0 Å². The summed E-state index contributed by atoms with van der Waals surface area (Å²) in [4.78, 5) is 14.7. The molecule has 1 fully saturated rings. The first kappa shape index (κ1) is 19.3. The van der Waals surface area contributed by atoms with Gasteiger partial charge < -0.3 is 14.8 Å². The number of halogens is 2. The Morgan fingerprint density at radius 3 is 2.52 bits per heavy atom. The molecule has 0 bridgehead atoms. The Balaban J connectivity index is 1.59. The van der Waals surface area contributed by atoms with Gasteiger partial charge in [-0.3, -0.25) is 9.69 Å². The van der Waals surface area contributed by atoms with Crippen LogP contribution in [0.4, 0.5) is 14.5 Å². The van der Waals surface area contributed by atoms with Gasteiger partial charge in [-0.2, -0.15) is 8.78 Å². The van der Waals surface area contributed by atoms with Crippen molar-refractivity contribution in [2.24, 2.45) is 0 Å². The molecule has 0 atom stereocenters. The molecule has 3 rings (SSSR count). The Bertz CT molecular complexity index is 747.